The van der Waals surface area contributed by atoms with Gasteiger partial charge in [0.25, 0.3) is 0 Å². The third-order valence-electron chi connectivity index (χ3n) is 8.43. The molecule has 1 atom stereocenters. The summed E-state index contributed by atoms with van der Waals surface area (Å²) in [6.07, 6.45) is 14.9. The van der Waals surface area contributed by atoms with E-state index < -0.39 is 18.0 Å². The van der Waals surface area contributed by atoms with Crippen molar-refractivity contribution in [3.05, 3.63) is 35.4 Å². The molecule has 1 aromatic carbocycles. The van der Waals surface area contributed by atoms with Crippen LogP contribution in [0.5, 0.6) is 0 Å². The Kier molecular flexibility index (Phi) is 13.2. The lowest BCUT2D eigenvalue weighted by atomic mass is 9.73. The largest absolute Gasteiger partial charge is 0.479 e. The lowest BCUT2D eigenvalue weighted by Gasteiger charge is -2.50. The highest BCUT2D eigenvalue weighted by molar-refractivity contribution is 5.92. The standard InChI is InChI=1S/C27H43N3O2.C3H6O3/c1-3-4-8-22-15-17-27(18-16-22,20-29(2)25-9-6-5-7-10-25)30(21-31)19-23-11-13-24(14-12-23)26(28)32;1-2(4)3(5)6/h11-14,21-22,25H,3-10,15-20H2,1-2H3,(H2,28,32);2,4H,1H3,(H,5,6). The van der Waals surface area contributed by atoms with E-state index in [2.05, 4.69) is 23.8 Å². The van der Waals surface area contributed by atoms with E-state index in [9.17, 15) is 14.4 Å². The molecular formula is C30H49N3O5. The quantitative estimate of drug-likeness (QED) is 0.339. The first-order chi connectivity index (χ1) is 18.1. The number of likely N-dealkylation sites (N-methyl/N-ethyl adjacent to an activating group) is 1. The molecule has 214 valence electrons. The van der Waals surface area contributed by atoms with E-state index in [4.69, 9.17) is 15.9 Å². The first kappa shape index (κ1) is 31.8. The van der Waals surface area contributed by atoms with Crippen LogP contribution >= 0.6 is 0 Å². The third kappa shape index (κ3) is 9.70. The molecule has 4 N–H and O–H groups in total. The van der Waals surface area contributed by atoms with E-state index in [0.29, 0.717) is 18.2 Å². The molecule has 0 radical (unpaired) electrons. The van der Waals surface area contributed by atoms with Crippen molar-refractivity contribution in [2.75, 3.05) is 13.6 Å². The SMILES string of the molecule is CC(O)C(=O)O.CCCCC1CCC(CN(C)C2CCCCC2)(N(C=O)Cc2ccc(C(N)=O)cc2)CC1. The Morgan fingerprint density at radius 2 is 1.68 bits per heavy atom. The van der Waals surface area contributed by atoms with Crippen molar-refractivity contribution in [2.24, 2.45) is 11.7 Å². The van der Waals surface area contributed by atoms with Gasteiger partial charge in [0, 0.05) is 24.7 Å². The zero-order chi connectivity index (χ0) is 28.1. The van der Waals surface area contributed by atoms with E-state index in [-0.39, 0.29) is 5.54 Å². The molecular weight excluding hydrogens is 482 g/mol. The number of aliphatic hydroxyl groups excluding tert-OH is 1. The molecule has 2 saturated carbocycles. The van der Waals surface area contributed by atoms with E-state index >= 15 is 0 Å². The fraction of sp³-hybridized carbons (Fsp3) is 0.700. The molecule has 0 spiro atoms. The number of carboxylic acids is 1. The minimum Gasteiger partial charge on any atom is -0.479 e. The van der Waals surface area contributed by atoms with E-state index in [0.717, 1.165) is 37.3 Å². The smallest absolute Gasteiger partial charge is 0.332 e. The summed E-state index contributed by atoms with van der Waals surface area (Å²) in [5.74, 6) is -0.804. The van der Waals surface area contributed by atoms with Gasteiger partial charge in [0.15, 0.2) is 0 Å². The van der Waals surface area contributed by atoms with Crippen molar-refractivity contribution >= 4 is 18.3 Å². The second kappa shape index (κ2) is 15.8. The number of carboxylic acid groups (broad SMARTS) is 1. The van der Waals surface area contributed by atoms with Crippen molar-refractivity contribution in [3.8, 4) is 0 Å². The van der Waals surface area contributed by atoms with Crippen molar-refractivity contribution in [1.29, 1.82) is 0 Å². The monoisotopic (exact) mass is 531 g/mol. The summed E-state index contributed by atoms with van der Waals surface area (Å²) in [6, 6.07) is 8.04. The third-order valence-corrected chi connectivity index (χ3v) is 8.43. The number of carbonyl (C=O) groups is 3. The number of benzene rings is 1. The van der Waals surface area contributed by atoms with Gasteiger partial charge in [0.05, 0.1) is 5.54 Å². The molecule has 3 rings (SSSR count). The zero-order valence-corrected chi connectivity index (χ0v) is 23.6. The number of hydrogen-bond acceptors (Lipinski definition) is 5. The number of aliphatic hydroxyl groups is 1. The lowest BCUT2D eigenvalue weighted by Crippen LogP contribution is -2.57. The summed E-state index contributed by atoms with van der Waals surface area (Å²) < 4.78 is 0. The number of carbonyl (C=O) groups excluding carboxylic acids is 2. The minimum absolute atomic E-state index is 0.112. The fourth-order valence-electron chi connectivity index (χ4n) is 5.94. The maximum atomic E-state index is 12.4. The van der Waals surface area contributed by atoms with Crippen LogP contribution in [-0.4, -0.2) is 69.6 Å². The molecule has 2 aliphatic carbocycles. The maximum Gasteiger partial charge on any atom is 0.332 e. The molecule has 0 heterocycles. The van der Waals surface area contributed by atoms with Crippen LogP contribution in [0.25, 0.3) is 0 Å². The van der Waals surface area contributed by atoms with Crippen LogP contribution < -0.4 is 5.73 Å². The van der Waals surface area contributed by atoms with Crippen molar-refractivity contribution < 1.29 is 24.6 Å². The first-order valence-electron chi connectivity index (χ1n) is 14.3. The molecule has 0 saturated heterocycles. The Labute approximate surface area is 228 Å². The number of rotatable bonds is 12. The molecule has 2 aliphatic rings. The van der Waals surface area contributed by atoms with Crippen molar-refractivity contribution in [1.82, 2.24) is 9.80 Å². The second-order valence-corrected chi connectivity index (χ2v) is 11.3. The van der Waals surface area contributed by atoms with Gasteiger partial charge in [-0.1, -0.05) is 57.6 Å². The number of amides is 2. The second-order valence-electron chi connectivity index (χ2n) is 11.3. The summed E-state index contributed by atoms with van der Waals surface area (Å²) in [7, 11) is 2.27. The Hall–Kier alpha value is -2.45. The molecule has 2 amide bonds. The predicted octanol–water partition coefficient (Wildman–Crippen LogP) is 4.58. The van der Waals surface area contributed by atoms with Crippen molar-refractivity contribution in [2.45, 2.75) is 115 Å². The van der Waals surface area contributed by atoms with Crippen LogP contribution in [0.4, 0.5) is 0 Å². The normalized spacial score (nSPS) is 22.7. The van der Waals surface area contributed by atoms with Gasteiger partial charge in [0.2, 0.25) is 12.3 Å². The fourth-order valence-corrected chi connectivity index (χ4v) is 5.94. The minimum atomic E-state index is -1.23. The Balaban J connectivity index is 0.000000757. The number of primary amides is 1. The average Bonchev–Trinajstić information content (AvgIpc) is 2.92. The molecule has 8 heteroatoms. The highest BCUT2D eigenvalue weighted by Crippen LogP contribution is 2.40. The molecule has 0 aliphatic heterocycles. The summed E-state index contributed by atoms with van der Waals surface area (Å²) >= 11 is 0. The molecule has 1 unspecified atom stereocenters. The lowest BCUT2D eigenvalue weighted by molar-refractivity contribution is -0.145. The van der Waals surface area contributed by atoms with Gasteiger partial charge in [-0.2, -0.15) is 0 Å². The summed E-state index contributed by atoms with van der Waals surface area (Å²) in [5, 5.41) is 15.8. The van der Waals surface area contributed by atoms with Crippen LogP contribution in [0, 0.1) is 5.92 Å². The van der Waals surface area contributed by atoms with Crippen LogP contribution in [0.15, 0.2) is 24.3 Å². The predicted molar refractivity (Wildman–Crippen MR) is 150 cm³/mol. The van der Waals surface area contributed by atoms with Crippen LogP contribution in [0.3, 0.4) is 0 Å². The number of nitrogens with zero attached hydrogens (tertiary/aromatic N) is 2. The van der Waals surface area contributed by atoms with Crippen LogP contribution in [-0.2, 0) is 16.1 Å². The Bertz CT molecular complexity index is 859. The molecule has 1 aromatic rings. The first-order valence-corrected chi connectivity index (χ1v) is 14.3. The van der Waals surface area contributed by atoms with Gasteiger partial charge in [-0.05, 0) is 76.1 Å². The van der Waals surface area contributed by atoms with Crippen molar-refractivity contribution in [3.63, 3.8) is 0 Å². The van der Waals surface area contributed by atoms with Gasteiger partial charge in [-0.25, -0.2) is 4.79 Å². The molecule has 2 fully saturated rings. The van der Waals surface area contributed by atoms with Gasteiger partial charge >= 0.3 is 5.97 Å². The van der Waals surface area contributed by atoms with Gasteiger partial charge in [-0.15, -0.1) is 0 Å². The van der Waals surface area contributed by atoms with Gasteiger partial charge in [-0.3, -0.25) is 9.59 Å². The maximum absolute atomic E-state index is 12.4. The van der Waals surface area contributed by atoms with E-state index in [1.54, 1.807) is 12.1 Å². The zero-order valence-electron chi connectivity index (χ0n) is 23.6. The topological polar surface area (TPSA) is 124 Å². The highest BCUT2D eigenvalue weighted by atomic mass is 16.4. The highest BCUT2D eigenvalue weighted by Gasteiger charge is 2.41. The van der Waals surface area contributed by atoms with Gasteiger partial charge < -0.3 is 25.7 Å². The van der Waals surface area contributed by atoms with E-state index in [1.165, 1.54) is 71.1 Å². The Morgan fingerprint density at radius 1 is 1.11 bits per heavy atom. The van der Waals surface area contributed by atoms with Crippen LogP contribution in [0.1, 0.15) is 107 Å². The average molecular weight is 532 g/mol. The Morgan fingerprint density at radius 3 is 2.16 bits per heavy atom. The molecule has 0 aromatic heterocycles. The molecule has 8 nitrogen and oxygen atoms in total. The number of unbranched alkanes of at least 4 members (excludes halogenated alkanes) is 1. The number of hydrogen-bond donors (Lipinski definition) is 3. The van der Waals surface area contributed by atoms with Gasteiger partial charge in [0.1, 0.15) is 6.10 Å². The molecule has 0 bridgehead atoms. The summed E-state index contributed by atoms with van der Waals surface area (Å²) in [5.41, 5.74) is 6.84. The summed E-state index contributed by atoms with van der Waals surface area (Å²) in [4.78, 5) is 37.9. The van der Waals surface area contributed by atoms with Crippen LogP contribution in [0.2, 0.25) is 0 Å². The number of nitrogens with two attached hydrogens (primary N) is 1. The van der Waals surface area contributed by atoms with E-state index in [1.807, 2.05) is 12.1 Å². The molecule has 38 heavy (non-hydrogen) atoms. The number of aliphatic carboxylic acids is 1. The summed E-state index contributed by atoms with van der Waals surface area (Å²) in [6.45, 7) is 5.00.